The van der Waals surface area contributed by atoms with Crippen LogP contribution < -0.4 is 4.74 Å². The quantitative estimate of drug-likeness (QED) is 0.158. The summed E-state index contributed by atoms with van der Waals surface area (Å²) in [5.74, 6) is 0.935. The summed E-state index contributed by atoms with van der Waals surface area (Å²) in [5, 5.41) is 4.79. The van der Waals surface area contributed by atoms with E-state index in [1.54, 1.807) is 47.6 Å². The normalized spacial score (nSPS) is 12.4. The molecule has 10 heteroatoms. The predicted octanol–water partition coefficient (Wildman–Crippen LogP) is 8.64. The fraction of sp³-hybridized carbons (Fsp3) is 0.389. The van der Waals surface area contributed by atoms with Crippen molar-refractivity contribution in [3.63, 3.8) is 0 Å². The Hall–Kier alpha value is -4.37. The smallest absolute Gasteiger partial charge is 0.410 e. The molecular formula is C36H42ClN3O6. The van der Waals surface area contributed by atoms with Gasteiger partial charge in [-0.25, -0.2) is 4.79 Å². The van der Waals surface area contributed by atoms with Crippen molar-refractivity contribution in [2.75, 3.05) is 6.54 Å². The molecule has 0 aliphatic rings. The zero-order chi connectivity index (χ0) is 33.6. The highest BCUT2D eigenvalue weighted by Gasteiger charge is 2.26. The van der Waals surface area contributed by atoms with E-state index in [9.17, 15) is 9.59 Å². The van der Waals surface area contributed by atoms with E-state index in [1.807, 2.05) is 74.5 Å². The number of carbonyl (C=O) groups excluding carboxylic acids is 2. The van der Waals surface area contributed by atoms with Gasteiger partial charge in [-0.2, -0.15) is 4.98 Å². The lowest BCUT2D eigenvalue weighted by Crippen LogP contribution is -2.38. The molecule has 0 spiro atoms. The Kier molecular flexibility index (Phi) is 10.8. The Morgan fingerprint density at radius 3 is 2.22 bits per heavy atom. The van der Waals surface area contributed by atoms with Crippen LogP contribution in [0.3, 0.4) is 0 Å². The van der Waals surface area contributed by atoms with Crippen LogP contribution in [-0.2, 0) is 20.8 Å². The summed E-state index contributed by atoms with van der Waals surface area (Å²) in [7, 11) is 0. The van der Waals surface area contributed by atoms with Gasteiger partial charge in [-0.3, -0.25) is 4.79 Å². The summed E-state index contributed by atoms with van der Waals surface area (Å²) < 4.78 is 23.1. The molecule has 3 aromatic carbocycles. The monoisotopic (exact) mass is 647 g/mol. The second-order valence-corrected chi connectivity index (χ2v) is 13.6. The average molecular weight is 648 g/mol. The number of benzene rings is 3. The van der Waals surface area contributed by atoms with Crippen LogP contribution in [0.5, 0.6) is 5.75 Å². The molecule has 1 unspecified atom stereocenters. The molecular weight excluding hydrogens is 606 g/mol. The Morgan fingerprint density at radius 1 is 0.891 bits per heavy atom. The van der Waals surface area contributed by atoms with Gasteiger partial charge in [0, 0.05) is 29.2 Å². The topological polar surface area (TPSA) is 104 Å². The first-order valence-electron chi connectivity index (χ1n) is 15.2. The van der Waals surface area contributed by atoms with E-state index in [2.05, 4.69) is 10.1 Å². The van der Waals surface area contributed by atoms with Gasteiger partial charge < -0.3 is 23.6 Å². The molecule has 0 saturated carbocycles. The van der Waals surface area contributed by atoms with Crippen LogP contribution in [0.25, 0.3) is 11.4 Å². The van der Waals surface area contributed by atoms with Crippen molar-refractivity contribution in [3.05, 3.63) is 99.9 Å². The number of nitrogens with zero attached hydrogens (tertiary/aromatic N) is 3. The zero-order valence-corrected chi connectivity index (χ0v) is 28.5. The molecule has 1 amide bonds. The third-order valence-corrected chi connectivity index (χ3v) is 7.03. The number of amides is 1. The lowest BCUT2D eigenvalue weighted by Gasteiger charge is -2.28. The minimum atomic E-state index is -0.688. The van der Waals surface area contributed by atoms with Crippen molar-refractivity contribution < 1.29 is 28.3 Å². The standard InChI is InChI=1S/C36H42ClN3O6/c1-23-12-17-29(20-24(23)2)43-31(27-10-9-11-28(37)21-27)33-38-32(39-46-33)26-15-13-25(14-16-26)22-40(34(42)45-36(6,7)8)19-18-30(41)44-35(3,4)5/h9-17,20-21,31H,18-19,22H2,1-8H3. The van der Waals surface area contributed by atoms with Gasteiger partial charge in [0.05, 0.1) is 6.42 Å². The molecule has 0 fully saturated rings. The highest BCUT2D eigenvalue weighted by Crippen LogP contribution is 2.31. The van der Waals surface area contributed by atoms with E-state index in [4.69, 9.17) is 30.3 Å². The number of aromatic nitrogens is 2. The van der Waals surface area contributed by atoms with E-state index in [0.717, 1.165) is 22.3 Å². The maximum absolute atomic E-state index is 13.0. The first kappa shape index (κ1) is 34.5. The van der Waals surface area contributed by atoms with Crippen LogP contribution in [0.2, 0.25) is 5.02 Å². The Bertz CT molecular complexity index is 1650. The molecule has 4 rings (SSSR count). The molecule has 0 bridgehead atoms. The van der Waals surface area contributed by atoms with Crippen LogP contribution in [0, 0.1) is 13.8 Å². The number of hydrogen-bond donors (Lipinski definition) is 0. The molecule has 1 heterocycles. The van der Waals surface area contributed by atoms with Gasteiger partial charge in [-0.15, -0.1) is 0 Å². The molecule has 4 aromatic rings. The molecule has 0 radical (unpaired) electrons. The van der Waals surface area contributed by atoms with E-state index in [1.165, 1.54) is 4.90 Å². The van der Waals surface area contributed by atoms with Gasteiger partial charge in [0.25, 0.3) is 5.89 Å². The number of esters is 1. The summed E-state index contributed by atoms with van der Waals surface area (Å²) in [4.78, 5) is 31.6. The highest BCUT2D eigenvalue weighted by molar-refractivity contribution is 6.30. The largest absolute Gasteiger partial charge is 0.476 e. The minimum Gasteiger partial charge on any atom is -0.476 e. The summed E-state index contributed by atoms with van der Waals surface area (Å²) in [6, 6.07) is 20.7. The lowest BCUT2D eigenvalue weighted by atomic mass is 10.1. The minimum absolute atomic E-state index is 0.0399. The summed E-state index contributed by atoms with van der Waals surface area (Å²) in [6.45, 7) is 15.3. The first-order valence-corrected chi connectivity index (χ1v) is 15.6. The molecule has 0 saturated heterocycles. The maximum Gasteiger partial charge on any atom is 0.410 e. The SMILES string of the molecule is Cc1ccc(OC(c2cccc(Cl)c2)c2nc(-c3ccc(CN(CCC(=O)OC(C)(C)C)C(=O)OC(C)(C)C)cc3)no2)cc1C. The number of carbonyl (C=O) groups is 2. The second kappa shape index (κ2) is 14.4. The third-order valence-electron chi connectivity index (χ3n) is 6.79. The number of halogens is 1. The van der Waals surface area contributed by atoms with Crippen LogP contribution in [0.1, 0.15) is 82.2 Å². The van der Waals surface area contributed by atoms with E-state index in [-0.39, 0.29) is 31.4 Å². The third kappa shape index (κ3) is 10.1. The Morgan fingerprint density at radius 2 is 1.59 bits per heavy atom. The van der Waals surface area contributed by atoms with E-state index >= 15 is 0 Å². The van der Waals surface area contributed by atoms with Crippen LogP contribution in [0.4, 0.5) is 4.79 Å². The van der Waals surface area contributed by atoms with Gasteiger partial charge >= 0.3 is 12.1 Å². The van der Waals surface area contributed by atoms with Gasteiger partial charge in [0.15, 0.2) is 0 Å². The number of aryl methyl sites for hydroxylation is 2. The summed E-state index contributed by atoms with van der Waals surface area (Å²) in [5.41, 5.74) is 3.27. The first-order chi connectivity index (χ1) is 21.6. The van der Waals surface area contributed by atoms with Crippen molar-refractivity contribution in [1.29, 1.82) is 0 Å². The molecule has 0 N–H and O–H groups in total. The van der Waals surface area contributed by atoms with Crippen molar-refractivity contribution >= 4 is 23.7 Å². The number of hydrogen-bond acceptors (Lipinski definition) is 8. The molecule has 1 atom stereocenters. The molecule has 0 aliphatic heterocycles. The number of rotatable bonds is 10. The second-order valence-electron chi connectivity index (χ2n) is 13.2. The Labute approximate surface area is 275 Å². The fourth-order valence-electron chi connectivity index (χ4n) is 4.47. The maximum atomic E-state index is 13.0. The predicted molar refractivity (Wildman–Crippen MR) is 177 cm³/mol. The van der Waals surface area contributed by atoms with E-state index < -0.39 is 23.4 Å². The molecule has 244 valence electrons. The van der Waals surface area contributed by atoms with Crippen molar-refractivity contribution in [2.24, 2.45) is 0 Å². The van der Waals surface area contributed by atoms with E-state index in [0.29, 0.717) is 22.2 Å². The fourth-order valence-corrected chi connectivity index (χ4v) is 4.67. The highest BCUT2D eigenvalue weighted by atomic mass is 35.5. The van der Waals surface area contributed by atoms with Crippen molar-refractivity contribution in [1.82, 2.24) is 15.0 Å². The van der Waals surface area contributed by atoms with Gasteiger partial charge in [-0.05, 0) is 96.3 Å². The van der Waals surface area contributed by atoms with Gasteiger partial charge in [0.1, 0.15) is 17.0 Å². The van der Waals surface area contributed by atoms with Crippen LogP contribution in [0.15, 0.2) is 71.3 Å². The molecule has 9 nitrogen and oxygen atoms in total. The van der Waals surface area contributed by atoms with Crippen molar-refractivity contribution in [3.8, 4) is 17.1 Å². The van der Waals surface area contributed by atoms with Gasteiger partial charge in [-0.1, -0.05) is 59.2 Å². The van der Waals surface area contributed by atoms with Crippen LogP contribution in [-0.4, -0.2) is 44.8 Å². The Balaban J connectivity index is 1.53. The molecule has 0 aliphatic carbocycles. The zero-order valence-electron chi connectivity index (χ0n) is 27.7. The van der Waals surface area contributed by atoms with Crippen LogP contribution >= 0.6 is 11.6 Å². The van der Waals surface area contributed by atoms with Crippen molar-refractivity contribution in [2.45, 2.75) is 85.7 Å². The average Bonchev–Trinajstić information content (AvgIpc) is 3.44. The molecule has 1 aromatic heterocycles. The van der Waals surface area contributed by atoms with Gasteiger partial charge in [0.2, 0.25) is 11.9 Å². The molecule has 46 heavy (non-hydrogen) atoms. The summed E-state index contributed by atoms with van der Waals surface area (Å²) in [6.07, 6.45) is -1.16. The summed E-state index contributed by atoms with van der Waals surface area (Å²) >= 11 is 6.31. The number of ether oxygens (including phenoxy) is 3. The lowest BCUT2D eigenvalue weighted by molar-refractivity contribution is -0.155.